The third-order valence-corrected chi connectivity index (χ3v) is 3.46. The molecule has 0 spiro atoms. The van der Waals surface area contributed by atoms with Gasteiger partial charge in [-0.3, -0.25) is 0 Å². The zero-order chi connectivity index (χ0) is 14.7. The van der Waals surface area contributed by atoms with Gasteiger partial charge in [0.1, 0.15) is 6.10 Å². The number of methoxy groups -OCH3 is 2. The van der Waals surface area contributed by atoms with E-state index in [1.54, 1.807) is 14.2 Å². The highest BCUT2D eigenvalue weighted by Crippen LogP contribution is 2.34. The van der Waals surface area contributed by atoms with Gasteiger partial charge in [-0.1, -0.05) is 29.8 Å². The number of hydrogen-bond acceptors (Lipinski definition) is 3. The van der Waals surface area contributed by atoms with Gasteiger partial charge in [-0.25, -0.2) is 0 Å². The van der Waals surface area contributed by atoms with E-state index < -0.39 is 6.10 Å². The molecule has 0 saturated heterocycles. The molecule has 1 unspecified atom stereocenters. The molecule has 3 heteroatoms. The van der Waals surface area contributed by atoms with Gasteiger partial charge in [-0.2, -0.15) is 0 Å². The summed E-state index contributed by atoms with van der Waals surface area (Å²) in [5.41, 5.74) is 3.83. The summed E-state index contributed by atoms with van der Waals surface area (Å²) < 4.78 is 10.6. The Morgan fingerprint density at radius 1 is 0.900 bits per heavy atom. The van der Waals surface area contributed by atoms with E-state index in [9.17, 15) is 5.11 Å². The average molecular weight is 272 g/mol. The van der Waals surface area contributed by atoms with Crippen molar-refractivity contribution in [2.45, 2.75) is 20.0 Å². The van der Waals surface area contributed by atoms with Gasteiger partial charge in [-0.05, 0) is 42.7 Å². The average Bonchev–Trinajstić information content (AvgIpc) is 2.47. The van der Waals surface area contributed by atoms with Crippen LogP contribution in [0.15, 0.2) is 36.4 Å². The molecule has 1 N–H and O–H groups in total. The van der Waals surface area contributed by atoms with E-state index in [0.717, 1.165) is 16.7 Å². The number of aryl methyl sites for hydroxylation is 2. The molecular formula is C17H20O3. The molecule has 20 heavy (non-hydrogen) atoms. The Kier molecular flexibility index (Phi) is 4.30. The van der Waals surface area contributed by atoms with Gasteiger partial charge < -0.3 is 14.6 Å². The minimum absolute atomic E-state index is 0.624. The first-order valence-electron chi connectivity index (χ1n) is 6.54. The van der Waals surface area contributed by atoms with Crippen LogP contribution < -0.4 is 9.47 Å². The lowest BCUT2D eigenvalue weighted by Gasteiger charge is -2.17. The molecule has 2 rings (SSSR count). The van der Waals surface area contributed by atoms with Crippen LogP contribution in [0.4, 0.5) is 0 Å². The van der Waals surface area contributed by atoms with Crippen molar-refractivity contribution in [3.63, 3.8) is 0 Å². The fourth-order valence-electron chi connectivity index (χ4n) is 2.22. The highest BCUT2D eigenvalue weighted by molar-refractivity contribution is 5.49. The standard InChI is InChI=1S/C17H20O3/c1-11-5-7-13(8-6-11)17(18)14-10-16(20-4)15(19-3)9-12(14)2/h5-10,17-18H,1-4H3. The van der Waals surface area contributed by atoms with E-state index in [1.807, 2.05) is 50.2 Å². The highest BCUT2D eigenvalue weighted by Gasteiger charge is 2.16. The van der Waals surface area contributed by atoms with Crippen molar-refractivity contribution < 1.29 is 14.6 Å². The second-order valence-electron chi connectivity index (χ2n) is 4.88. The Hall–Kier alpha value is -2.00. The quantitative estimate of drug-likeness (QED) is 0.927. The molecule has 0 saturated carbocycles. The minimum Gasteiger partial charge on any atom is -0.493 e. The molecule has 0 amide bonds. The topological polar surface area (TPSA) is 38.7 Å². The van der Waals surface area contributed by atoms with Crippen molar-refractivity contribution in [3.05, 3.63) is 58.7 Å². The summed E-state index contributed by atoms with van der Waals surface area (Å²) in [6, 6.07) is 11.6. The number of hydrogen-bond donors (Lipinski definition) is 1. The van der Waals surface area contributed by atoms with Crippen molar-refractivity contribution in [1.29, 1.82) is 0 Å². The van der Waals surface area contributed by atoms with E-state index in [1.165, 1.54) is 5.56 Å². The first kappa shape index (κ1) is 14.4. The number of benzene rings is 2. The van der Waals surface area contributed by atoms with Crippen LogP contribution in [0.2, 0.25) is 0 Å². The number of aliphatic hydroxyl groups is 1. The van der Waals surface area contributed by atoms with E-state index >= 15 is 0 Å². The van der Waals surface area contributed by atoms with Crippen molar-refractivity contribution >= 4 is 0 Å². The Bertz CT molecular complexity index is 588. The van der Waals surface area contributed by atoms with Crippen molar-refractivity contribution in [2.24, 2.45) is 0 Å². The van der Waals surface area contributed by atoms with Crippen LogP contribution in [0, 0.1) is 13.8 Å². The molecule has 0 aliphatic heterocycles. The maximum absolute atomic E-state index is 10.6. The summed E-state index contributed by atoms with van der Waals surface area (Å²) in [5.74, 6) is 1.30. The number of aliphatic hydroxyl groups excluding tert-OH is 1. The fourth-order valence-corrected chi connectivity index (χ4v) is 2.22. The van der Waals surface area contributed by atoms with Gasteiger partial charge in [0, 0.05) is 0 Å². The summed E-state index contributed by atoms with van der Waals surface area (Å²) in [6.07, 6.45) is -0.671. The fraction of sp³-hybridized carbons (Fsp3) is 0.294. The molecule has 0 radical (unpaired) electrons. The predicted molar refractivity (Wildman–Crippen MR) is 79.5 cm³/mol. The van der Waals surface area contributed by atoms with Gasteiger partial charge in [0.2, 0.25) is 0 Å². The van der Waals surface area contributed by atoms with Crippen LogP contribution in [0.3, 0.4) is 0 Å². The van der Waals surface area contributed by atoms with Gasteiger partial charge in [-0.15, -0.1) is 0 Å². The molecule has 0 aliphatic carbocycles. The number of ether oxygens (including phenoxy) is 2. The molecule has 0 aliphatic rings. The maximum Gasteiger partial charge on any atom is 0.161 e. The van der Waals surface area contributed by atoms with Crippen molar-refractivity contribution in [2.75, 3.05) is 14.2 Å². The Morgan fingerprint density at radius 3 is 2.00 bits per heavy atom. The van der Waals surface area contributed by atoms with Gasteiger partial charge in [0.15, 0.2) is 11.5 Å². The van der Waals surface area contributed by atoms with Crippen molar-refractivity contribution in [3.8, 4) is 11.5 Å². The van der Waals surface area contributed by atoms with Gasteiger partial charge in [0.05, 0.1) is 14.2 Å². The predicted octanol–water partition coefficient (Wildman–Crippen LogP) is 3.40. The smallest absolute Gasteiger partial charge is 0.161 e. The normalized spacial score (nSPS) is 12.1. The Labute approximate surface area is 119 Å². The molecular weight excluding hydrogens is 252 g/mol. The second kappa shape index (κ2) is 5.97. The highest BCUT2D eigenvalue weighted by atomic mass is 16.5. The third-order valence-electron chi connectivity index (χ3n) is 3.46. The van der Waals surface area contributed by atoms with Crippen LogP contribution in [0.25, 0.3) is 0 Å². The van der Waals surface area contributed by atoms with Gasteiger partial charge >= 0.3 is 0 Å². The SMILES string of the molecule is COc1cc(C)c(C(O)c2ccc(C)cc2)cc1OC. The summed E-state index contributed by atoms with van der Waals surface area (Å²) in [7, 11) is 3.20. The first-order chi connectivity index (χ1) is 9.56. The Morgan fingerprint density at radius 2 is 1.45 bits per heavy atom. The van der Waals surface area contributed by atoms with Crippen LogP contribution in [-0.4, -0.2) is 19.3 Å². The lowest BCUT2D eigenvalue weighted by atomic mass is 9.96. The lowest BCUT2D eigenvalue weighted by Crippen LogP contribution is -2.03. The largest absolute Gasteiger partial charge is 0.493 e. The summed E-state index contributed by atoms with van der Waals surface area (Å²) in [6.45, 7) is 3.98. The molecule has 3 nitrogen and oxygen atoms in total. The van der Waals surface area contributed by atoms with Gasteiger partial charge in [0.25, 0.3) is 0 Å². The summed E-state index contributed by atoms with van der Waals surface area (Å²) in [5, 5.41) is 10.6. The van der Waals surface area contributed by atoms with E-state index in [0.29, 0.717) is 11.5 Å². The van der Waals surface area contributed by atoms with Crippen molar-refractivity contribution in [1.82, 2.24) is 0 Å². The third kappa shape index (κ3) is 2.78. The first-order valence-corrected chi connectivity index (χ1v) is 6.54. The van der Waals surface area contributed by atoms with E-state index in [4.69, 9.17) is 9.47 Å². The number of rotatable bonds is 4. The molecule has 0 aromatic heterocycles. The van der Waals surface area contributed by atoms with E-state index in [2.05, 4.69) is 0 Å². The minimum atomic E-state index is -0.671. The zero-order valence-electron chi connectivity index (χ0n) is 12.3. The van der Waals surface area contributed by atoms with Crippen LogP contribution in [0.1, 0.15) is 28.4 Å². The summed E-state index contributed by atoms with van der Waals surface area (Å²) >= 11 is 0. The zero-order valence-corrected chi connectivity index (χ0v) is 12.3. The van der Waals surface area contributed by atoms with E-state index in [-0.39, 0.29) is 0 Å². The molecule has 106 valence electrons. The monoisotopic (exact) mass is 272 g/mol. The van der Waals surface area contributed by atoms with Crippen LogP contribution >= 0.6 is 0 Å². The summed E-state index contributed by atoms with van der Waals surface area (Å²) in [4.78, 5) is 0. The van der Waals surface area contributed by atoms with Crippen LogP contribution in [-0.2, 0) is 0 Å². The molecule has 1 atom stereocenters. The molecule has 0 fully saturated rings. The Balaban J connectivity index is 2.43. The molecule has 2 aromatic carbocycles. The lowest BCUT2D eigenvalue weighted by molar-refractivity contribution is 0.218. The molecule has 0 bridgehead atoms. The molecule has 2 aromatic rings. The maximum atomic E-state index is 10.6. The second-order valence-corrected chi connectivity index (χ2v) is 4.88. The molecule has 0 heterocycles. The van der Waals surface area contributed by atoms with Crippen LogP contribution in [0.5, 0.6) is 11.5 Å².